The molecule has 0 fully saturated rings. The summed E-state index contributed by atoms with van der Waals surface area (Å²) >= 11 is 0. The van der Waals surface area contributed by atoms with Crippen molar-refractivity contribution in [3.05, 3.63) is 72.2 Å². The number of nitrogens with zero attached hydrogens (tertiary/aromatic N) is 3. The molecule has 3 aromatic rings. The smallest absolute Gasteiger partial charge is 0.243 e. The highest BCUT2D eigenvalue weighted by atomic mass is 32.2. The Morgan fingerprint density at radius 1 is 1.10 bits per heavy atom. The summed E-state index contributed by atoms with van der Waals surface area (Å²) in [7, 11) is -3.49. The van der Waals surface area contributed by atoms with Gasteiger partial charge in [-0.2, -0.15) is 9.57 Å². The molecule has 0 aliphatic rings. The molecular weight excluding hydrogens is 386 g/mol. The van der Waals surface area contributed by atoms with Crippen molar-refractivity contribution in [3.8, 4) is 17.4 Å². The number of nitriles is 1. The van der Waals surface area contributed by atoms with E-state index in [1.807, 2.05) is 19.9 Å². The maximum absolute atomic E-state index is 12.6. The van der Waals surface area contributed by atoms with Crippen LogP contribution in [0.3, 0.4) is 0 Å². The molecule has 0 atom stereocenters. The highest BCUT2D eigenvalue weighted by molar-refractivity contribution is 7.89. The van der Waals surface area contributed by atoms with Gasteiger partial charge in [0.05, 0.1) is 16.2 Å². The highest BCUT2D eigenvalue weighted by Gasteiger charge is 2.21. The molecule has 0 saturated carbocycles. The first-order chi connectivity index (χ1) is 14.0. The highest BCUT2D eigenvalue weighted by Crippen LogP contribution is 2.26. The van der Waals surface area contributed by atoms with Crippen molar-refractivity contribution in [2.75, 3.05) is 13.1 Å². The van der Waals surface area contributed by atoms with E-state index in [4.69, 9.17) is 4.42 Å². The number of rotatable bonds is 7. The average Bonchev–Trinajstić information content (AvgIpc) is 3.22. The minimum absolute atomic E-state index is 0.249. The van der Waals surface area contributed by atoms with Gasteiger partial charge in [-0.25, -0.2) is 8.42 Å². The first-order valence-electron chi connectivity index (χ1n) is 9.23. The van der Waals surface area contributed by atoms with Crippen LogP contribution in [0.15, 0.2) is 70.1 Å². The molecule has 148 valence electrons. The topological polar surface area (TPSA) is 87.2 Å². The summed E-state index contributed by atoms with van der Waals surface area (Å²) in [6.45, 7) is 4.47. The van der Waals surface area contributed by atoms with Crippen LogP contribution in [0, 0.1) is 11.3 Å². The monoisotopic (exact) mass is 407 g/mol. The second-order valence-electron chi connectivity index (χ2n) is 6.20. The molecule has 0 bridgehead atoms. The Morgan fingerprint density at radius 3 is 2.41 bits per heavy atom. The molecule has 0 N–H and O–H groups in total. The number of pyridine rings is 1. The fourth-order valence-corrected chi connectivity index (χ4v) is 4.38. The zero-order valence-electron chi connectivity index (χ0n) is 16.2. The molecule has 29 heavy (non-hydrogen) atoms. The van der Waals surface area contributed by atoms with Crippen LogP contribution in [0.2, 0.25) is 0 Å². The molecule has 0 saturated heterocycles. The maximum Gasteiger partial charge on any atom is 0.243 e. The second kappa shape index (κ2) is 8.86. The van der Waals surface area contributed by atoms with Gasteiger partial charge >= 0.3 is 0 Å². The summed E-state index contributed by atoms with van der Waals surface area (Å²) in [6, 6.07) is 17.6. The quantitative estimate of drug-likeness (QED) is 0.541. The van der Waals surface area contributed by atoms with Crippen LogP contribution in [-0.2, 0) is 10.0 Å². The molecule has 2 heterocycles. The lowest BCUT2D eigenvalue weighted by Crippen LogP contribution is -2.30. The Balaban J connectivity index is 1.86. The fraction of sp³-hybridized carbons (Fsp3) is 0.182. The third-order valence-corrected chi connectivity index (χ3v) is 6.52. The summed E-state index contributed by atoms with van der Waals surface area (Å²) in [5, 5.41) is 9.40. The van der Waals surface area contributed by atoms with Crippen molar-refractivity contribution >= 4 is 21.7 Å². The van der Waals surface area contributed by atoms with Crippen LogP contribution >= 0.6 is 0 Å². The van der Waals surface area contributed by atoms with Crippen LogP contribution < -0.4 is 0 Å². The molecule has 0 aliphatic carbocycles. The Labute approximate surface area is 170 Å². The Morgan fingerprint density at radius 2 is 1.83 bits per heavy atom. The Bertz CT molecular complexity index is 1140. The predicted octanol–water partition coefficient (Wildman–Crippen LogP) is 4.44. The van der Waals surface area contributed by atoms with Gasteiger partial charge in [-0.1, -0.05) is 19.9 Å². The van der Waals surface area contributed by atoms with Gasteiger partial charge in [0.2, 0.25) is 10.0 Å². The Hall–Kier alpha value is -3.21. The van der Waals surface area contributed by atoms with Crippen molar-refractivity contribution in [1.82, 2.24) is 9.29 Å². The average molecular weight is 407 g/mol. The van der Waals surface area contributed by atoms with Crippen molar-refractivity contribution in [2.24, 2.45) is 0 Å². The zero-order valence-corrected chi connectivity index (χ0v) is 17.1. The minimum Gasteiger partial charge on any atom is -0.457 e. The number of furan rings is 1. The molecule has 1 aromatic carbocycles. The summed E-state index contributed by atoms with van der Waals surface area (Å²) in [5.41, 5.74) is 1.71. The van der Waals surface area contributed by atoms with E-state index in [0.29, 0.717) is 35.9 Å². The number of benzene rings is 1. The Kier molecular flexibility index (Phi) is 6.27. The van der Waals surface area contributed by atoms with Gasteiger partial charge in [-0.3, -0.25) is 4.98 Å². The molecule has 6 nitrogen and oxygen atoms in total. The predicted molar refractivity (Wildman–Crippen MR) is 112 cm³/mol. The second-order valence-corrected chi connectivity index (χ2v) is 8.14. The van der Waals surface area contributed by atoms with Gasteiger partial charge in [-0.05, 0) is 48.5 Å². The first-order valence-corrected chi connectivity index (χ1v) is 10.7. The molecule has 0 radical (unpaired) electrons. The summed E-state index contributed by atoms with van der Waals surface area (Å²) < 4.78 is 32.4. The summed E-state index contributed by atoms with van der Waals surface area (Å²) in [6.07, 6.45) is 3.26. The van der Waals surface area contributed by atoms with Gasteiger partial charge in [0, 0.05) is 30.9 Å². The van der Waals surface area contributed by atoms with E-state index in [1.54, 1.807) is 60.8 Å². The maximum atomic E-state index is 12.6. The van der Waals surface area contributed by atoms with Crippen LogP contribution in [-0.4, -0.2) is 30.8 Å². The van der Waals surface area contributed by atoms with Crippen LogP contribution in [0.1, 0.15) is 25.3 Å². The molecule has 0 amide bonds. The lowest BCUT2D eigenvalue weighted by Gasteiger charge is -2.18. The zero-order chi connectivity index (χ0) is 20.9. The normalized spacial score (nSPS) is 12.1. The molecule has 3 rings (SSSR count). The van der Waals surface area contributed by atoms with Crippen molar-refractivity contribution in [2.45, 2.75) is 18.7 Å². The third-order valence-electron chi connectivity index (χ3n) is 4.46. The number of hydrogen-bond acceptors (Lipinski definition) is 5. The van der Waals surface area contributed by atoms with Gasteiger partial charge < -0.3 is 4.42 Å². The molecule has 7 heteroatoms. The SMILES string of the molecule is CCN(CC)S(=O)(=O)c1ccc(-c2ccc(/C=C(\C#N)c3ccccn3)o2)cc1. The van der Waals surface area contributed by atoms with Gasteiger partial charge in [-0.15, -0.1) is 0 Å². The largest absolute Gasteiger partial charge is 0.457 e. The van der Waals surface area contributed by atoms with Crippen LogP contribution in [0.5, 0.6) is 0 Å². The van der Waals surface area contributed by atoms with Gasteiger partial charge in [0.25, 0.3) is 0 Å². The van der Waals surface area contributed by atoms with Crippen LogP contribution in [0.4, 0.5) is 0 Å². The third kappa shape index (κ3) is 4.45. The van der Waals surface area contributed by atoms with E-state index in [1.165, 1.54) is 4.31 Å². The number of allylic oxidation sites excluding steroid dienone is 1. The summed E-state index contributed by atoms with van der Waals surface area (Å²) in [4.78, 5) is 4.43. The van der Waals surface area contributed by atoms with Crippen molar-refractivity contribution in [3.63, 3.8) is 0 Å². The lowest BCUT2D eigenvalue weighted by atomic mass is 10.1. The fourth-order valence-electron chi connectivity index (χ4n) is 2.92. The van der Waals surface area contributed by atoms with Crippen LogP contribution in [0.25, 0.3) is 23.0 Å². The molecule has 2 aromatic heterocycles. The molecule has 0 unspecified atom stereocenters. The van der Waals surface area contributed by atoms with E-state index in [0.717, 1.165) is 5.56 Å². The molecule has 0 aliphatic heterocycles. The molecular formula is C22H21N3O3S. The van der Waals surface area contributed by atoms with E-state index >= 15 is 0 Å². The van der Waals surface area contributed by atoms with E-state index in [9.17, 15) is 13.7 Å². The lowest BCUT2D eigenvalue weighted by molar-refractivity contribution is 0.445. The summed E-state index contributed by atoms with van der Waals surface area (Å²) in [5.74, 6) is 1.10. The van der Waals surface area contributed by atoms with E-state index < -0.39 is 10.0 Å². The minimum atomic E-state index is -3.49. The first kappa shape index (κ1) is 20.5. The number of sulfonamides is 1. The van der Waals surface area contributed by atoms with Gasteiger partial charge in [0.1, 0.15) is 17.6 Å². The van der Waals surface area contributed by atoms with E-state index in [-0.39, 0.29) is 4.90 Å². The van der Waals surface area contributed by atoms with Crippen molar-refractivity contribution in [1.29, 1.82) is 5.26 Å². The van der Waals surface area contributed by atoms with Gasteiger partial charge in [0.15, 0.2) is 0 Å². The number of aromatic nitrogens is 1. The standard InChI is InChI=1S/C22H21N3O3S/c1-3-25(4-2)29(26,27)20-11-8-17(9-12-20)22-13-10-19(28-22)15-18(16-23)21-7-5-6-14-24-21/h5-15H,3-4H2,1-2H3/b18-15+. The van der Waals surface area contributed by atoms with Crippen molar-refractivity contribution < 1.29 is 12.8 Å². The van der Waals surface area contributed by atoms with E-state index in [2.05, 4.69) is 11.1 Å². The number of hydrogen-bond donors (Lipinski definition) is 0. The molecule has 0 spiro atoms.